The molecule has 0 aliphatic carbocycles. The second-order valence-electron chi connectivity index (χ2n) is 6.20. The number of carbonyl (C=O) groups is 1. The summed E-state index contributed by atoms with van der Waals surface area (Å²) in [5.74, 6) is 0.0777. The molecule has 0 saturated heterocycles. The Labute approximate surface area is 126 Å². The predicted molar refractivity (Wildman–Crippen MR) is 84.9 cm³/mol. The molecular weight excluding hydrogens is 260 g/mol. The van der Waals surface area contributed by atoms with E-state index in [1.807, 2.05) is 20.8 Å². The third-order valence-corrected chi connectivity index (χ3v) is 3.14. The van der Waals surface area contributed by atoms with Crippen LogP contribution in [0.15, 0.2) is 0 Å². The van der Waals surface area contributed by atoms with Crippen molar-refractivity contribution in [2.24, 2.45) is 5.92 Å². The second kappa shape index (κ2) is 11.6. The Morgan fingerprint density at radius 2 is 1.53 bits per heavy atom. The fourth-order valence-electron chi connectivity index (χ4n) is 2.04. The molecule has 0 heterocycles. The molecule has 0 aliphatic heterocycles. The minimum atomic E-state index is -0.356. The Kier molecular flexibility index (Phi) is 12.8. The lowest BCUT2D eigenvalue weighted by molar-refractivity contribution is -0.160. The zero-order valence-electron chi connectivity index (χ0n) is 13.5. The van der Waals surface area contributed by atoms with E-state index in [0.717, 1.165) is 19.3 Å². The summed E-state index contributed by atoms with van der Waals surface area (Å²) in [6, 6.07) is 0. The van der Waals surface area contributed by atoms with Crippen molar-refractivity contribution < 1.29 is 9.53 Å². The van der Waals surface area contributed by atoms with Gasteiger partial charge in [-0.3, -0.25) is 4.79 Å². The normalized spacial score (nSPS) is 12.7. The minimum Gasteiger partial charge on any atom is -0.460 e. The molecule has 0 spiro atoms. The molecule has 116 valence electrons. The smallest absolute Gasteiger partial charge is 0.309 e. The van der Waals surface area contributed by atoms with Gasteiger partial charge >= 0.3 is 5.97 Å². The van der Waals surface area contributed by atoms with Crippen molar-refractivity contribution in [3.8, 4) is 0 Å². The first kappa shape index (κ1) is 21.1. The second-order valence-corrected chi connectivity index (χ2v) is 6.20. The highest BCUT2D eigenvalue weighted by Crippen LogP contribution is 2.19. The van der Waals surface area contributed by atoms with Crippen LogP contribution in [-0.2, 0) is 9.53 Å². The number of esters is 1. The zero-order chi connectivity index (χ0) is 14.0. The van der Waals surface area contributed by atoms with Gasteiger partial charge in [-0.05, 0) is 33.6 Å². The molecule has 0 aromatic heterocycles. The van der Waals surface area contributed by atoms with E-state index in [1.165, 1.54) is 32.1 Å². The van der Waals surface area contributed by atoms with Gasteiger partial charge in [-0.1, -0.05) is 52.4 Å². The summed E-state index contributed by atoms with van der Waals surface area (Å²) in [5, 5.41) is 0. The summed E-state index contributed by atoms with van der Waals surface area (Å²) in [7, 11) is 0. The first-order valence-corrected chi connectivity index (χ1v) is 7.63. The predicted octanol–water partition coefficient (Wildman–Crippen LogP) is 5.53. The number of hydrogen-bond donors (Lipinski definition) is 0. The van der Waals surface area contributed by atoms with Gasteiger partial charge in [0.05, 0.1) is 5.92 Å². The molecule has 0 aliphatic rings. The first-order valence-electron chi connectivity index (χ1n) is 7.63. The number of carbonyl (C=O) groups excluding carboxylic acids is 1. The van der Waals surface area contributed by atoms with E-state index < -0.39 is 0 Å². The van der Waals surface area contributed by atoms with E-state index in [1.54, 1.807) is 0 Å². The minimum absolute atomic E-state index is 0. The fraction of sp³-hybridized carbons (Fsp3) is 0.938. The van der Waals surface area contributed by atoms with Gasteiger partial charge in [-0.25, -0.2) is 0 Å². The van der Waals surface area contributed by atoms with E-state index in [-0.39, 0.29) is 29.9 Å². The van der Waals surface area contributed by atoms with E-state index >= 15 is 0 Å². The van der Waals surface area contributed by atoms with E-state index in [2.05, 4.69) is 13.8 Å². The molecule has 0 amide bonds. The highest BCUT2D eigenvalue weighted by molar-refractivity contribution is 5.85. The van der Waals surface area contributed by atoms with Gasteiger partial charge < -0.3 is 4.74 Å². The number of ether oxygens (including phenoxy) is 1. The summed E-state index contributed by atoms with van der Waals surface area (Å²) in [6.45, 7) is 10.1. The lowest BCUT2D eigenvalue weighted by atomic mass is 9.97. The molecule has 0 radical (unpaired) electrons. The van der Waals surface area contributed by atoms with Gasteiger partial charge in [0.2, 0.25) is 0 Å². The van der Waals surface area contributed by atoms with Crippen molar-refractivity contribution in [1.29, 1.82) is 0 Å². The van der Waals surface area contributed by atoms with Crippen molar-refractivity contribution in [2.75, 3.05) is 0 Å². The molecule has 0 aromatic rings. The van der Waals surface area contributed by atoms with Crippen LogP contribution in [0, 0.1) is 5.92 Å². The molecule has 0 saturated carbocycles. The van der Waals surface area contributed by atoms with Crippen LogP contribution in [0.25, 0.3) is 0 Å². The summed E-state index contributed by atoms with van der Waals surface area (Å²) in [6.07, 6.45) is 9.54. The van der Waals surface area contributed by atoms with Gasteiger partial charge in [0.15, 0.2) is 0 Å². The number of unbranched alkanes of at least 4 members (excludes halogenated alkanes) is 5. The number of halogens is 1. The average molecular weight is 293 g/mol. The highest BCUT2D eigenvalue weighted by atomic mass is 35.5. The van der Waals surface area contributed by atoms with Gasteiger partial charge in [0, 0.05) is 0 Å². The molecule has 19 heavy (non-hydrogen) atoms. The molecule has 0 N–H and O–H groups in total. The molecule has 3 heteroatoms. The number of rotatable bonds is 9. The van der Waals surface area contributed by atoms with Gasteiger partial charge in [0.1, 0.15) is 5.60 Å². The lowest BCUT2D eigenvalue weighted by Gasteiger charge is -2.23. The molecule has 0 rings (SSSR count). The quantitative estimate of drug-likeness (QED) is 0.413. The third-order valence-electron chi connectivity index (χ3n) is 3.14. The average Bonchev–Trinajstić information content (AvgIpc) is 2.25. The van der Waals surface area contributed by atoms with Crippen molar-refractivity contribution in [3.05, 3.63) is 0 Å². The van der Waals surface area contributed by atoms with E-state index in [4.69, 9.17) is 4.74 Å². The number of hydrogen-bond acceptors (Lipinski definition) is 2. The van der Waals surface area contributed by atoms with Crippen LogP contribution >= 0.6 is 12.4 Å². The van der Waals surface area contributed by atoms with E-state index in [9.17, 15) is 4.79 Å². The van der Waals surface area contributed by atoms with E-state index in [0.29, 0.717) is 0 Å². The maximum absolute atomic E-state index is 11.9. The molecule has 0 fully saturated rings. The summed E-state index contributed by atoms with van der Waals surface area (Å²) in [5.41, 5.74) is -0.356. The molecule has 0 bridgehead atoms. The van der Waals surface area contributed by atoms with Crippen molar-refractivity contribution in [3.63, 3.8) is 0 Å². The Morgan fingerprint density at radius 1 is 1.00 bits per heavy atom. The third kappa shape index (κ3) is 12.5. The van der Waals surface area contributed by atoms with Gasteiger partial charge in [-0.15, -0.1) is 12.4 Å². The summed E-state index contributed by atoms with van der Waals surface area (Å²) in [4.78, 5) is 11.9. The zero-order valence-corrected chi connectivity index (χ0v) is 14.3. The summed E-state index contributed by atoms with van der Waals surface area (Å²) >= 11 is 0. The SMILES string of the molecule is CCCCCCCCC(CC)C(=O)OC(C)(C)C.Cl. The maximum atomic E-state index is 11.9. The van der Waals surface area contributed by atoms with Crippen LogP contribution in [0.5, 0.6) is 0 Å². The molecule has 2 nitrogen and oxygen atoms in total. The van der Waals surface area contributed by atoms with Gasteiger partial charge in [-0.2, -0.15) is 0 Å². The maximum Gasteiger partial charge on any atom is 0.309 e. The Morgan fingerprint density at radius 3 is 2.00 bits per heavy atom. The Bertz CT molecular complexity index is 221. The molecule has 1 unspecified atom stereocenters. The Hall–Kier alpha value is -0.240. The van der Waals surface area contributed by atoms with Crippen LogP contribution in [-0.4, -0.2) is 11.6 Å². The molecule has 0 aromatic carbocycles. The topological polar surface area (TPSA) is 26.3 Å². The molecule has 1 atom stereocenters. The fourth-order valence-corrected chi connectivity index (χ4v) is 2.04. The van der Waals surface area contributed by atoms with Crippen molar-refractivity contribution in [2.45, 2.75) is 91.6 Å². The van der Waals surface area contributed by atoms with Gasteiger partial charge in [0.25, 0.3) is 0 Å². The van der Waals surface area contributed by atoms with Crippen LogP contribution in [0.2, 0.25) is 0 Å². The van der Waals surface area contributed by atoms with Crippen LogP contribution in [0.3, 0.4) is 0 Å². The van der Waals surface area contributed by atoms with Crippen LogP contribution in [0.4, 0.5) is 0 Å². The van der Waals surface area contributed by atoms with Crippen LogP contribution in [0.1, 0.15) is 86.0 Å². The molecular formula is C16H33ClO2. The standard InChI is InChI=1S/C16H32O2.ClH/c1-6-8-9-10-11-12-13-14(7-2)15(17)18-16(3,4)5;/h14H,6-13H2,1-5H3;1H. The van der Waals surface area contributed by atoms with Crippen LogP contribution < -0.4 is 0 Å². The lowest BCUT2D eigenvalue weighted by Crippen LogP contribution is -2.28. The summed E-state index contributed by atoms with van der Waals surface area (Å²) < 4.78 is 5.45. The monoisotopic (exact) mass is 292 g/mol. The van der Waals surface area contributed by atoms with Crippen molar-refractivity contribution >= 4 is 18.4 Å². The van der Waals surface area contributed by atoms with Crippen molar-refractivity contribution in [1.82, 2.24) is 0 Å². The first-order chi connectivity index (χ1) is 8.40. The Balaban J connectivity index is 0. The highest BCUT2D eigenvalue weighted by Gasteiger charge is 2.23. The largest absolute Gasteiger partial charge is 0.460 e.